The molecule has 0 radical (unpaired) electrons. The van der Waals surface area contributed by atoms with Gasteiger partial charge >= 0.3 is 5.97 Å². The van der Waals surface area contributed by atoms with Crippen LogP contribution in [0.2, 0.25) is 0 Å². The average Bonchev–Trinajstić information content (AvgIpc) is 3.09. The highest BCUT2D eigenvalue weighted by molar-refractivity contribution is 5.77. The molecule has 0 aromatic carbocycles. The van der Waals surface area contributed by atoms with Crippen molar-refractivity contribution in [3.05, 3.63) is 11.8 Å². The smallest absolute Gasteiger partial charge is 0.314 e. The molecular formula is C19H28N4O3. The van der Waals surface area contributed by atoms with Gasteiger partial charge < -0.3 is 19.6 Å². The quantitative estimate of drug-likeness (QED) is 0.879. The Morgan fingerprint density at radius 3 is 2.81 bits per heavy atom. The minimum atomic E-state index is -0.805. The SMILES string of the molecule is CCc1cc(N2C[C@@H]3CCOC[C@]3(C(=O)O)C2)nc(N2CCCCC2)n1. The molecule has 2 atom stereocenters. The Bertz CT molecular complexity index is 677. The van der Waals surface area contributed by atoms with Crippen LogP contribution in [0, 0.1) is 11.3 Å². The van der Waals surface area contributed by atoms with Crippen LogP contribution in [0.4, 0.5) is 11.8 Å². The van der Waals surface area contributed by atoms with Crippen molar-refractivity contribution in [2.75, 3.05) is 49.2 Å². The summed E-state index contributed by atoms with van der Waals surface area (Å²) in [5.41, 5.74) is 0.215. The molecule has 4 heterocycles. The molecule has 0 saturated carbocycles. The third-order valence-corrected chi connectivity index (χ3v) is 6.17. The molecule has 0 bridgehead atoms. The van der Waals surface area contributed by atoms with Crippen molar-refractivity contribution in [3.8, 4) is 0 Å². The van der Waals surface area contributed by atoms with E-state index in [1.807, 2.05) is 6.07 Å². The first kappa shape index (κ1) is 17.5. The normalized spacial score (nSPS) is 28.9. The first-order valence-corrected chi connectivity index (χ1v) is 9.81. The molecule has 0 spiro atoms. The van der Waals surface area contributed by atoms with Crippen molar-refractivity contribution in [3.63, 3.8) is 0 Å². The monoisotopic (exact) mass is 360 g/mol. The lowest BCUT2D eigenvalue weighted by Crippen LogP contribution is -2.46. The molecule has 7 nitrogen and oxygen atoms in total. The van der Waals surface area contributed by atoms with Gasteiger partial charge in [0.15, 0.2) is 0 Å². The standard InChI is InChI=1S/C19H28N4O3/c1-2-15-10-16(21-18(20-15)22-7-4-3-5-8-22)23-11-14-6-9-26-13-19(14,12-23)17(24)25/h10,14H,2-9,11-13H2,1H3,(H,24,25)/t14-,19+/m0/s1. The molecule has 1 aromatic heterocycles. The van der Waals surface area contributed by atoms with Crippen molar-refractivity contribution in [2.45, 2.75) is 39.0 Å². The highest BCUT2D eigenvalue weighted by Crippen LogP contribution is 2.43. The number of fused-ring (bicyclic) bond motifs is 1. The van der Waals surface area contributed by atoms with E-state index in [4.69, 9.17) is 14.7 Å². The van der Waals surface area contributed by atoms with Crippen LogP contribution < -0.4 is 9.80 Å². The number of carbonyl (C=O) groups is 1. The summed E-state index contributed by atoms with van der Waals surface area (Å²) in [7, 11) is 0. The number of anilines is 2. The summed E-state index contributed by atoms with van der Waals surface area (Å²) in [6.45, 7) is 6.25. The van der Waals surface area contributed by atoms with E-state index in [1.54, 1.807) is 0 Å². The summed E-state index contributed by atoms with van der Waals surface area (Å²) in [4.78, 5) is 26.0. The fourth-order valence-electron chi connectivity index (χ4n) is 4.51. The van der Waals surface area contributed by atoms with E-state index in [1.165, 1.54) is 19.3 Å². The maximum absolute atomic E-state index is 12.0. The predicted octanol–water partition coefficient (Wildman–Crippen LogP) is 1.96. The van der Waals surface area contributed by atoms with Gasteiger partial charge in [0.1, 0.15) is 11.2 Å². The van der Waals surface area contributed by atoms with Gasteiger partial charge in [-0.2, -0.15) is 4.98 Å². The summed E-state index contributed by atoms with van der Waals surface area (Å²) < 4.78 is 5.55. The first-order valence-electron chi connectivity index (χ1n) is 9.81. The topological polar surface area (TPSA) is 78.8 Å². The van der Waals surface area contributed by atoms with E-state index in [9.17, 15) is 9.90 Å². The summed E-state index contributed by atoms with van der Waals surface area (Å²) >= 11 is 0. The number of carboxylic acid groups (broad SMARTS) is 1. The zero-order valence-electron chi connectivity index (χ0n) is 15.5. The van der Waals surface area contributed by atoms with Crippen molar-refractivity contribution in [2.24, 2.45) is 11.3 Å². The van der Waals surface area contributed by atoms with Crippen molar-refractivity contribution < 1.29 is 14.6 Å². The second-order valence-electron chi connectivity index (χ2n) is 7.80. The maximum atomic E-state index is 12.0. The second kappa shape index (κ2) is 7.02. The van der Waals surface area contributed by atoms with Gasteiger partial charge in [0.05, 0.1) is 6.61 Å². The van der Waals surface area contributed by atoms with Crippen LogP contribution in [0.5, 0.6) is 0 Å². The molecule has 7 heteroatoms. The Labute approximate surface area is 154 Å². The Morgan fingerprint density at radius 1 is 1.31 bits per heavy atom. The van der Waals surface area contributed by atoms with Crippen LogP contribution in [0.1, 0.15) is 38.3 Å². The highest BCUT2D eigenvalue weighted by Gasteiger charge is 2.54. The fraction of sp³-hybridized carbons (Fsp3) is 0.737. The number of nitrogens with zero attached hydrogens (tertiary/aromatic N) is 4. The molecule has 1 aromatic rings. The van der Waals surface area contributed by atoms with Crippen molar-refractivity contribution >= 4 is 17.7 Å². The molecule has 1 N–H and O–H groups in total. The molecule has 3 aliphatic heterocycles. The summed E-state index contributed by atoms with van der Waals surface area (Å²) in [5.74, 6) is 1.04. The molecule has 0 aliphatic carbocycles. The highest BCUT2D eigenvalue weighted by atomic mass is 16.5. The Kier molecular flexibility index (Phi) is 4.73. The Hall–Kier alpha value is -1.89. The van der Waals surface area contributed by atoms with Crippen LogP contribution in [0.25, 0.3) is 0 Å². The third-order valence-electron chi connectivity index (χ3n) is 6.17. The van der Waals surface area contributed by atoms with Gasteiger partial charge in [0, 0.05) is 44.5 Å². The molecule has 0 unspecified atom stereocenters. The van der Waals surface area contributed by atoms with Crippen LogP contribution in [-0.2, 0) is 16.0 Å². The summed E-state index contributed by atoms with van der Waals surface area (Å²) in [6, 6.07) is 2.03. The van der Waals surface area contributed by atoms with E-state index < -0.39 is 11.4 Å². The average molecular weight is 360 g/mol. The lowest BCUT2D eigenvalue weighted by atomic mass is 9.76. The number of aliphatic carboxylic acids is 1. The van der Waals surface area contributed by atoms with Crippen LogP contribution >= 0.6 is 0 Å². The molecule has 3 saturated heterocycles. The molecule has 3 fully saturated rings. The van der Waals surface area contributed by atoms with E-state index in [-0.39, 0.29) is 5.92 Å². The van der Waals surface area contributed by atoms with E-state index in [0.29, 0.717) is 19.8 Å². The second-order valence-corrected chi connectivity index (χ2v) is 7.80. The number of hydrogen-bond acceptors (Lipinski definition) is 6. The summed E-state index contributed by atoms with van der Waals surface area (Å²) in [5, 5.41) is 9.88. The number of hydrogen-bond donors (Lipinski definition) is 1. The largest absolute Gasteiger partial charge is 0.481 e. The third kappa shape index (κ3) is 3.02. The molecule has 4 rings (SSSR count). The van der Waals surface area contributed by atoms with Gasteiger partial charge in [-0.25, -0.2) is 4.98 Å². The molecule has 0 amide bonds. The van der Waals surface area contributed by atoms with Gasteiger partial charge in [0.2, 0.25) is 5.95 Å². The van der Waals surface area contributed by atoms with Crippen molar-refractivity contribution in [1.82, 2.24) is 9.97 Å². The Morgan fingerprint density at radius 2 is 2.12 bits per heavy atom. The number of piperidine rings is 1. The van der Waals surface area contributed by atoms with Crippen LogP contribution in [0.15, 0.2) is 6.07 Å². The molecule has 26 heavy (non-hydrogen) atoms. The van der Waals surface area contributed by atoms with Gasteiger partial charge in [-0.15, -0.1) is 0 Å². The fourth-order valence-corrected chi connectivity index (χ4v) is 4.51. The first-order chi connectivity index (χ1) is 12.6. The Balaban J connectivity index is 1.64. The number of rotatable bonds is 4. The van der Waals surface area contributed by atoms with Gasteiger partial charge in [-0.3, -0.25) is 4.79 Å². The maximum Gasteiger partial charge on any atom is 0.314 e. The zero-order chi connectivity index (χ0) is 18.1. The molecular weight excluding hydrogens is 332 g/mol. The predicted molar refractivity (Wildman–Crippen MR) is 98.7 cm³/mol. The molecule has 3 aliphatic rings. The van der Waals surface area contributed by atoms with Gasteiger partial charge in [-0.05, 0) is 38.0 Å². The van der Waals surface area contributed by atoms with E-state index in [2.05, 4.69) is 16.7 Å². The lowest BCUT2D eigenvalue weighted by molar-refractivity contribution is -0.159. The lowest BCUT2D eigenvalue weighted by Gasteiger charge is -2.33. The number of aryl methyl sites for hydroxylation is 1. The molecule has 142 valence electrons. The van der Waals surface area contributed by atoms with E-state index >= 15 is 0 Å². The van der Waals surface area contributed by atoms with Crippen LogP contribution in [0.3, 0.4) is 0 Å². The van der Waals surface area contributed by atoms with Crippen LogP contribution in [-0.4, -0.2) is 60.4 Å². The minimum Gasteiger partial charge on any atom is -0.481 e. The minimum absolute atomic E-state index is 0.118. The van der Waals surface area contributed by atoms with E-state index in [0.717, 1.165) is 49.9 Å². The number of ether oxygens (including phenoxy) is 1. The number of carboxylic acids is 1. The number of aromatic nitrogens is 2. The zero-order valence-corrected chi connectivity index (χ0v) is 15.5. The van der Waals surface area contributed by atoms with Crippen molar-refractivity contribution in [1.29, 1.82) is 0 Å². The van der Waals surface area contributed by atoms with Gasteiger partial charge in [-0.1, -0.05) is 6.92 Å². The summed E-state index contributed by atoms with van der Waals surface area (Å²) in [6.07, 6.45) is 5.28. The van der Waals surface area contributed by atoms with Gasteiger partial charge in [0.25, 0.3) is 0 Å².